The fourth-order valence-corrected chi connectivity index (χ4v) is 2.48. The SMILES string of the molecule is CC(NC(=O)c1cc(F)c([N+](=O)[O-])cc1F)c1ccsc1. The molecule has 1 unspecified atom stereocenters. The summed E-state index contributed by atoms with van der Waals surface area (Å²) in [5, 5.41) is 16.6. The molecule has 0 saturated heterocycles. The third-order valence-electron chi connectivity index (χ3n) is 2.87. The highest BCUT2D eigenvalue weighted by Gasteiger charge is 2.23. The van der Waals surface area contributed by atoms with Gasteiger partial charge in [-0.1, -0.05) is 0 Å². The van der Waals surface area contributed by atoms with E-state index in [1.165, 1.54) is 11.3 Å². The molecule has 1 atom stereocenters. The first kappa shape index (κ1) is 15.0. The van der Waals surface area contributed by atoms with Crippen molar-refractivity contribution >= 4 is 22.9 Å². The maximum Gasteiger partial charge on any atom is 0.307 e. The van der Waals surface area contributed by atoms with E-state index in [1.54, 1.807) is 13.0 Å². The lowest BCUT2D eigenvalue weighted by Crippen LogP contribution is -2.27. The zero-order chi connectivity index (χ0) is 15.6. The second-order valence-electron chi connectivity index (χ2n) is 4.29. The number of halogens is 2. The van der Waals surface area contributed by atoms with Gasteiger partial charge in [0.1, 0.15) is 5.82 Å². The Bertz CT molecular complexity index is 689. The molecule has 21 heavy (non-hydrogen) atoms. The van der Waals surface area contributed by atoms with Crippen molar-refractivity contribution in [2.24, 2.45) is 0 Å². The maximum absolute atomic E-state index is 13.7. The third-order valence-corrected chi connectivity index (χ3v) is 3.57. The number of hydrogen-bond donors (Lipinski definition) is 1. The average molecular weight is 312 g/mol. The van der Waals surface area contributed by atoms with Crippen LogP contribution in [0.4, 0.5) is 14.5 Å². The second kappa shape index (κ2) is 5.96. The van der Waals surface area contributed by atoms with Gasteiger partial charge in [-0.15, -0.1) is 0 Å². The van der Waals surface area contributed by atoms with Crippen molar-refractivity contribution in [3.05, 3.63) is 61.8 Å². The lowest BCUT2D eigenvalue weighted by molar-refractivity contribution is -0.387. The molecule has 0 saturated carbocycles. The minimum absolute atomic E-state index is 0.388. The van der Waals surface area contributed by atoms with Crippen molar-refractivity contribution < 1.29 is 18.5 Å². The van der Waals surface area contributed by atoms with Crippen LogP contribution in [-0.2, 0) is 0 Å². The zero-order valence-corrected chi connectivity index (χ0v) is 11.6. The van der Waals surface area contributed by atoms with Gasteiger partial charge >= 0.3 is 5.69 Å². The van der Waals surface area contributed by atoms with Gasteiger partial charge in [0, 0.05) is 0 Å². The molecular weight excluding hydrogens is 302 g/mol. The molecule has 1 aromatic heterocycles. The average Bonchev–Trinajstić information content (AvgIpc) is 2.94. The van der Waals surface area contributed by atoms with Gasteiger partial charge in [-0.3, -0.25) is 14.9 Å². The van der Waals surface area contributed by atoms with Gasteiger partial charge in [-0.05, 0) is 35.4 Å². The Labute approximate surface area is 122 Å². The Morgan fingerprint density at radius 1 is 1.38 bits per heavy atom. The standard InChI is InChI=1S/C13H10F2N2O3S/c1-7(8-2-3-21-6-8)16-13(18)9-4-11(15)12(17(19)20)5-10(9)14/h2-7H,1H3,(H,16,18). The van der Waals surface area contributed by atoms with Crippen molar-refractivity contribution in [2.75, 3.05) is 0 Å². The maximum atomic E-state index is 13.7. The Balaban J connectivity index is 2.24. The molecule has 2 rings (SSSR count). The summed E-state index contributed by atoms with van der Waals surface area (Å²) >= 11 is 1.44. The van der Waals surface area contributed by atoms with E-state index in [0.717, 1.165) is 5.56 Å². The highest BCUT2D eigenvalue weighted by atomic mass is 32.1. The van der Waals surface area contributed by atoms with E-state index in [1.807, 2.05) is 10.8 Å². The summed E-state index contributed by atoms with van der Waals surface area (Å²) in [6.07, 6.45) is 0. The molecule has 2 aromatic rings. The van der Waals surface area contributed by atoms with Crippen molar-refractivity contribution in [1.82, 2.24) is 5.32 Å². The van der Waals surface area contributed by atoms with Crippen LogP contribution < -0.4 is 5.32 Å². The Morgan fingerprint density at radius 2 is 2.10 bits per heavy atom. The van der Waals surface area contributed by atoms with Crippen molar-refractivity contribution in [1.29, 1.82) is 0 Å². The summed E-state index contributed by atoms with van der Waals surface area (Å²) in [5.41, 5.74) is -0.744. The number of nitro benzene ring substituents is 1. The van der Waals surface area contributed by atoms with Gasteiger partial charge in [0.05, 0.1) is 22.6 Å². The molecule has 1 heterocycles. The summed E-state index contributed by atoms with van der Waals surface area (Å²) in [7, 11) is 0. The molecule has 0 aliphatic heterocycles. The zero-order valence-electron chi connectivity index (χ0n) is 10.8. The van der Waals surface area contributed by atoms with Crippen molar-refractivity contribution in [2.45, 2.75) is 13.0 Å². The minimum atomic E-state index is -1.25. The number of thiophene rings is 1. The summed E-state index contributed by atoms with van der Waals surface area (Å²) in [6.45, 7) is 1.69. The van der Waals surface area contributed by atoms with E-state index in [0.29, 0.717) is 12.1 Å². The predicted octanol–water partition coefficient (Wildman–Crippen LogP) is 3.43. The molecule has 0 spiro atoms. The molecule has 0 aliphatic carbocycles. The molecule has 5 nitrogen and oxygen atoms in total. The van der Waals surface area contributed by atoms with Gasteiger partial charge in [0.2, 0.25) is 5.82 Å². The third kappa shape index (κ3) is 3.22. The van der Waals surface area contributed by atoms with Crippen LogP contribution in [0.2, 0.25) is 0 Å². The fourth-order valence-electron chi connectivity index (χ4n) is 1.73. The fraction of sp³-hybridized carbons (Fsp3) is 0.154. The van der Waals surface area contributed by atoms with Crippen molar-refractivity contribution in [3.63, 3.8) is 0 Å². The summed E-state index contributed by atoms with van der Waals surface area (Å²) in [5.74, 6) is -3.23. The molecule has 0 radical (unpaired) electrons. The molecule has 0 aliphatic rings. The summed E-state index contributed by atoms with van der Waals surface area (Å²) < 4.78 is 27.2. The number of amides is 1. The smallest absolute Gasteiger partial charge is 0.307 e. The number of hydrogen-bond acceptors (Lipinski definition) is 4. The van der Waals surface area contributed by atoms with Crippen LogP contribution in [0.3, 0.4) is 0 Å². The van der Waals surface area contributed by atoms with E-state index in [2.05, 4.69) is 5.32 Å². The first-order valence-electron chi connectivity index (χ1n) is 5.86. The topological polar surface area (TPSA) is 72.2 Å². The predicted molar refractivity (Wildman–Crippen MR) is 73.2 cm³/mol. The monoisotopic (exact) mass is 312 g/mol. The van der Waals surface area contributed by atoms with Gasteiger partial charge in [-0.2, -0.15) is 15.7 Å². The normalized spacial score (nSPS) is 12.0. The largest absolute Gasteiger partial charge is 0.345 e. The molecule has 1 N–H and O–H groups in total. The lowest BCUT2D eigenvalue weighted by Gasteiger charge is -2.13. The first-order chi connectivity index (χ1) is 9.90. The van der Waals surface area contributed by atoms with E-state index in [-0.39, 0.29) is 6.04 Å². The summed E-state index contributed by atoms with van der Waals surface area (Å²) in [4.78, 5) is 21.4. The highest BCUT2D eigenvalue weighted by molar-refractivity contribution is 7.07. The number of nitrogens with one attached hydrogen (secondary N) is 1. The van der Waals surface area contributed by atoms with E-state index in [9.17, 15) is 23.7 Å². The molecular formula is C13H10F2N2O3S. The van der Waals surface area contributed by atoms with Gasteiger partial charge in [-0.25, -0.2) is 4.39 Å². The summed E-state index contributed by atoms with van der Waals surface area (Å²) in [6, 6.07) is 2.34. The van der Waals surface area contributed by atoms with Gasteiger partial charge in [0.25, 0.3) is 5.91 Å². The molecule has 1 aromatic carbocycles. The lowest BCUT2D eigenvalue weighted by atomic mass is 10.1. The van der Waals surface area contributed by atoms with E-state index in [4.69, 9.17) is 0 Å². The van der Waals surface area contributed by atoms with Crippen LogP contribution in [0.25, 0.3) is 0 Å². The molecule has 1 amide bonds. The molecule has 0 bridgehead atoms. The van der Waals surface area contributed by atoms with E-state index < -0.39 is 33.7 Å². The molecule has 0 fully saturated rings. The number of nitro groups is 1. The second-order valence-corrected chi connectivity index (χ2v) is 5.07. The number of carbonyl (C=O) groups is 1. The van der Waals surface area contributed by atoms with Crippen LogP contribution in [0.1, 0.15) is 28.9 Å². The van der Waals surface area contributed by atoms with Crippen LogP contribution in [-0.4, -0.2) is 10.8 Å². The number of carbonyl (C=O) groups excluding carboxylic acids is 1. The number of benzene rings is 1. The van der Waals surface area contributed by atoms with Crippen LogP contribution in [0.5, 0.6) is 0 Å². The van der Waals surface area contributed by atoms with Gasteiger partial charge < -0.3 is 5.32 Å². The van der Waals surface area contributed by atoms with Crippen LogP contribution >= 0.6 is 11.3 Å². The van der Waals surface area contributed by atoms with E-state index >= 15 is 0 Å². The Hall–Kier alpha value is -2.35. The van der Waals surface area contributed by atoms with Crippen LogP contribution in [0, 0.1) is 21.7 Å². The quantitative estimate of drug-likeness (QED) is 0.694. The molecule has 8 heteroatoms. The minimum Gasteiger partial charge on any atom is -0.345 e. The molecule has 110 valence electrons. The van der Waals surface area contributed by atoms with Crippen LogP contribution in [0.15, 0.2) is 29.0 Å². The Kier molecular flexibility index (Phi) is 4.27. The Morgan fingerprint density at radius 3 is 2.67 bits per heavy atom. The first-order valence-corrected chi connectivity index (χ1v) is 6.81. The number of nitrogens with zero attached hydrogens (tertiary/aromatic N) is 1. The highest BCUT2D eigenvalue weighted by Crippen LogP contribution is 2.22. The number of rotatable bonds is 4. The van der Waals surface area contributed by atoms with Crippen molar-refractivity contribution in [3.8, 4) is 0 Å². The van der Waals surface area contributed by atoms with Gasteiger partial charge in [0.15, 0.2) is 0 Å².